The van der Waals surface area contributed by atoms with E-state index in [1.54, 1.807) is 5.57 Å². The van der Waals surface area contributed by atoms with Crippen LogP contribution in [0.25, 0.3) is 0 Å². The molecule has 1 N–H and O–H groups in total. The van der Waals surface area contributed by atoms with E-state index in [-0.39, 0.29) is 6.10 Å². The zero-order valence-corrected chi connectivity index (χ0v) is 8.34. The molecule has 0 aromatic carbocycles. The van der Waals surface area contributed by atoms with Crippen molar-refractivity contribution in [2.75, 3.05) is 0 Å². The van der Waals surface area contributed by atoms with Gasteiger partial charge in [-0.1, -0.05) is 12.0 Å². The van der Waals surface area contributed by atoms with Gasteiger partial charge in [-0.3, -0.25) is 0 Å². The Morgan fingerprint density at radius 1 is 1.38 bits per heavy atom. The minimum absolute atomic E-state index is 0.101. The largest absolute Gasteiger partial charge is 0.389 e. The predicted octanol–water partition coefficient (Wildman–Crippen LogP) is 2.65. The van der Waals surface area contributed by atoms with Crippen LogP contribution in [0.5, 0.6) is 0 Å². The molecule has 0 bridgehead atoms. The van der Waals surface area contributed by atoms with Crippen molar-refractivity contribution in [1.29, 1.82) is 0 Å². The third-order valence-corrected chi connectivity index (χ3v) is 4.83. The van der Waals surface area contributed by atoms with E-state index in [1.807, 2.05) is 0 Å². The molecule has 0 aliphatic heterocycles. The second-order valence-corrected chi connectivity index (χ2v) is 5.17. The van der Waals surface area contributed by atoms with Crippen LogP contribution in [0.4, 0.5) is 0 Å². The minimum Gasteiger partial charge on any atom is -0.389 e. The van der Waals surface area contributed by atoms with Crippen molar-refractivity contribution in [3.63, 3.8) is 0 Å². The van der Waals surface area contributed by atoms with Crippen LogP contribution in [0.15, 0.2) is 11.1 Å². The monoisotopic (exact) mass is 178 g/mol. The molecule has 0 saturated heterocycles. The standard InChI is InChI=1S/C12H18O/c1-8-10-5-4-9-3-2-6-12(9,10)7-11(8)13/h9,11,13H,2-7H2,1H3/t9-,11-,12+/m0/s1. The van der Waals surface area contributed by atoms with E-state index in [1.165, 1.54) is 37.7 Å². The zero-order chi connectivity index (χ0) is 9.05. The van der Waals surface area contributed by atoms with Crippen molar-refractivity contribution in [3.8, 4) is 0 Å². The van der Waals surface area contributed by atoms with Gasteiger partial charge in [0.2, 0.25) is 0 Å². The maximum atomic E-state index is 9.89. The molecule has 0 aromatic heterocycles. The number of hydrogen-bond acceptors (Lipinski definition) is 1. The highest BCUT2D eigenvalue weighted by Gasteiger charge is 2.54. The van der Waals surface area contributed by atoms with Gasteiger partial charge >= 0.3 is 0 Å². The summed E-state index contributed by atoms with van der Waals surface area (Å²) in [5.74, 6) is 0.926. The van der Waals surface area contributed by atoms with Crippen LogP contribution in [-0.2, 0) is 0 Å². The molecule has 3 aliphatic carbocycles. The topological polar surface area (TPSA) is 20.2 Å². The molecule has 13 heavy (non-hydrogen) atoms. The van der Waals surface area contributed by atoms with Gasteiger partial charge in [-0.15, -0.1) is 0 Å². The Labute approximate surface area is 79.8 Å². The Balaban J connectivity index is 2.08. The first kappa shape index (κ1) is 8.05. The average Bonchev–Trinajstić information content (AvgIpc) is 2.64. The molecular formula is C12H18O. The lowest BCUT2D eigenvalue weighted by Crippen LogP contribution is -2.21. The molecule has 3 atom stereocenters. The summed E-state index contributed by atoms with van der Waals surface area (Å²) in [6.07, 6.45) is 7.82. The summed E-state index contributed by atoms with van der Waals surface area (Å²) in [4.78, 5) is 0. The molecule has 3 aliphatic rings. The summed E-state index contributed by atoms with van der Waals surface area (Å²) in [5, 5.41) is 9.89. The summed E-state index contributed by atoms with van der Waals surface area (Å²) < 4.78 is 0. The molecule has 2 fully saturated rings. The fourth-order valence-electron chi connectivity index (χ4n) is 4.21. The van der Waals surface area contributed by atoms with E-state index in [4.69, 9.17) is 0 Å². The highest BCUT2D eigenvalue weighted by atomic mass is 16.3. The van der Waals surface area contributed by atoms with Gasteiger partial charge in [0, 0.05) is 0 Å². The Morgan fingerprint density at radius 3 is 3.08 bits per heavy atom. The van der Waals surface area contributed by atoms with E-state index in [2.05, 4.69) is 6.92 Å². The lowest BCUT2D eigenvalue weighted by atomic mass is 9.77. The molecule has 1 heteroatoms. The Kier molecular flexibility index (Phi) is 1.48. The summed E-state index contributed by atoms with van der Waals surface area (Å²) in [7, 11) is 0. The highest BCUT2D eigenvalue weighted by molar-refractivity contribution is 5.36. The Hall–Kier alpha value is -0.300. The molecule has 3 rings (SSSR count). The van der Waals surface area contributed by atoms with Crippen molar-refractivity contribution in [3.05, 3.63) is 11.1 Å². The molecule has 1 nitrogen and oxygen atoms in total. The lowest BCUT2D eigenvalue weighted by molar-refractivity contribution is 0.154. The Bertz CT molecular complexity index is 279. The number of hydrogen-bond donors (Lipinski definition) is 1. The summed E-state index contributed by atoms with van der Waals surface area (Å²) >= 11 is 0. The van der Waals surface area contributed by atoms with Crippen molar-refractivity contribution in [2.45, 2.75) is 51.6 Å². The highest BCUT2D eigenvalue weighted by Crippen LogP contribution is 2.63. The second-order valence-electron chi connectivity index (χ2n) is 5.17. The normalized spacial score (nSPS) is 48.5. The van der Waals surface area contributed by atoms with E-state index >= 15 is 0 Å². The van der Waals surface area contributed by atoms with Crippen LogP contribution in [0, 0.1) is 11.3 Å². The lowest BCUT2D eigenvalue weighted by Gasteiger charge is -2.27. The molecule has 0 radical (unpaired) electrons. The van der Waals surface area contributed by atoms with E-state index in [9.17, 15) is 5.11 Å². The summed E-state index contributed by atoms with van der Waals surface area (Å²) in [5.41, 5.74) is 3.47. The molecule has 72 valence electrons. The van der Waals surface area contributed by atoms with Crippen LogP contribution < -0.4 is 0 Å². The van der Waals surface area contributed by atoms with Gasteiger partial charge in [-0.05, 0) is 55.9 Å². The van der Waals surface area contributed by atoms with Gasteiger partial charge in [-0.2, -0.15) is 0 Å². The number of allylic oxidation sites excluding steroid dienone is 1. The molecule has 0 amide bonds. The number of rotatable bonds is 0. The van der Waals surface area contributed by atoms with Gasteiger partial charge in [0.1, 0.15) is 0 Å². The van der Waals surface area contributed by atoms with Crippen LogP contribution in [0.1, 0.15) is 45.4 Å². The first-order valence-electron chi connectivity index (χ1n) is 5.62. The predicted molar refractivity (Wildman–Crippen MR) is 52.3 cm³/mol. The van der Waals surface area contributed by atoms with Crippen LogP contribution in [0.2, 0.25) is 0 Å². The van der Waals surface area contributed by atoms with E-state index in [0.717, 1.165) is 12.3 Å². The van der Waals surface area contributed by atoms with Crippen molar-refractivity contribution in [1.82, 2.24) is 0 Å². The summed E-state index contributed by atoms with van der Waals surface area (Å²) in [6, 6.07) is 0. The van der Waals surface area contributed by atoms with Crippen LogP contribution in [-0.4, -0.2) is 11.2 Å². The fourth-order valence-corrected chi connectivity index (χ4v) is 4.21. The number of aliphatic hydroxyl groups excluding tert-OH is 1. The smallest absolute Gasteiger partial charge is 0.0758 e. The first-order chi connectivity index (χ1) is 6.24. The van der Waals surface area contributed by atoms with E-state index < -0.39 is 0 Å². The number of aliphatic hydroxyl groups is 1. The molecule has 0 unspecified atom stereocenters. The third-order valence-electron chi connectivity index (χ3n) is 4.83. The van der Waals surface area contributed by atoms with Crippen molar-refractivity contribution < 1.29 is 5.11 Å². The van der Waals surface area contributed by atoms with Crippen molar-refractivity contribution >= 4 is 0 Å². The molecule has 1 spiro atoms. The molecule has 0 aromatic rings. The summed E-state index contributed by atoms with van der Waals surface area (Å²) in [6.45, 7) is 2.15. The average molecular weight is 178 g/mol. The zero-order valence-electron chi connectivity index (χ0n) is 8.34. The van der Waals surface area contributed by atoms with Crippen molar-refractivity contribution in [2.24, 2.45) is 11.3 Å². The maximum absolute atomic E-state index is 9.89. The quantitative estimate of drug-likeness (QED) is 0.565. The maximum Gasteiger partial charge on any atom is 0.0758 e. The fraction of sp³-hybridized carbons (Fsp3) is 0.833. The van der Waals surface area contributed by atoms with Gasteiger partial charge in [-0.25, -0.2) is 0 Å². The SMILES string of the molecule is CC1=C2CC[C@@H]3CCC[C@]23C[C@@H]1O. The van der Waals surface area contributed by atoms with E-state index in [0.29, 0.717) is 5.41 Å². The first-order valence-corrected chi connectivity index (χ1v) is 5.62. The van der Waals surface area contributed by atoms with Crippen LogP contribution in [0.3, 0.4) is 0 Å². The van der Waals surface area contributed by atoms with Crippen LogP contribution >= 0.6 is 0 Å². The Morgan fingerprint density at radius 2 is 2.23 bits per heavy atom. The molecular weight excluding hydrogens is 160 g/mol. The van der Waals surface area contributed by atoms with Gasteiger partial charge in [0.25, 0.3) is 0 Å². The molecule has 2 saturated carbocycles. The molecule has 0 heterocycles. The van der Waals surface area contributed by atoms with Gasteiger partial charge < -0.3 is 5.11 Å². The minimum atomic E-state index is -0.101. The second kappa shape index (κ2) is 2.38. The van der Waals surface area contributed by atoms with Gasteiger partial charge in [0.15, 0.2) is 0 Å². The third kappa shape index (κ3) is 0.817. The van der Waals surface area contributed by atoms with Gasteiger partial charge in [0.05, 0.1) is 6.10 Å².